The molecule has 1 N–H and O–H groups in total. The summed E-state index contributed by atoms with van der Waals surface area (Å²) in [5, 5.41) is 2.83. The second-order valence-corrected chi connectivity index (χ2v) is 8.09. The fourth-order valence-corrected chi connectivity index (χ4v) is 4.88. The molecule has 6 nitrogen and oxygen atoms in total. The van der Waals surface area contributed by atoms with Crippen LogP contribution in [0.5, 0.6) is 0 Å². The molecule has 1 atom stereocenters. The Morgan fingerprint density at radius 2 is 2.14 bits per heavy atom. The summed E-state index contributed by atoms with van der Waals surface area (Å²) in [4.78, 5) is 11.9. The highest BCUT2D eigenvalue weighted by Gasteiger charge is 2.29. The number of hydrogen-bond donors (Lipinski definition) is 1. The van der Waals surface area contributed by atoms with Crippen molar-refractivity contribution in [1.29, 1.82) is 0 Å². The van der Waals surface area contributed by atoms with Crippen LogP contribution in [0.25, 0.3) is 11.0 Å². The molecular weight excluding hydrogens is 310 g/mol. The first kappa shape index (κ1) is 14.4. The monoisotopic (exact) mass is 325 g/mol. The lowest BCUT2D eigenvalue weighted by Gasteiger charge is -2.08. The van der Waals surface area contributed by atoms with Crippen LogP contribution < -0.4 is 5.32 Å². The van der Waals surface area contributed by atoms with Gasteiger partial charge in [-0.05, 0) is 30.0 Å². The number of carbonyl (C=O) groups is 1. The minimum Gasteiger partial charge on any atom is -0.352 e. The van der Waals surface area contributed by atoms with Crippen LogP contribution in [0.2, 0.25) is 0 Å². The zero-order valence-corrected chi connectivity index (χ0v) is 12.9. The third-order valence-corrected chi connectivity index (χ3v) is 6.00. The van der Waals surface area contributed by atoms with Crippen LogP contribution in [0, 0.1) is 5.92 Å². The Labute approximate surface area is 126 Å². The van der Waals surface area contributed by atoms with Crippen LogP contribution in [0.15, 0.2) is 18.2 Å². The molecule has 1 amide bonds. The lowest BCUT2D eigenvalue weighted by molar-refractivity contribution is -0.122. The molecule has 1 saturated heterocycles. The van der Waals surface area contributed by atoms with Gasteiger partial charge >= 0.3 is 0 Å². The first-order valence-corrected chi connectivity index (χ1v) is 9.25. The molecule has 2 aromatic rings. The molecule has 1 aliphatic heterocycles. The minimum absolute atomic E-state index is 0.0415. The fraction of sp³-hybridized carbons (Fsp3) is 0.462. The van der Waals surface area contributed by atoms with Crippen LogP contribution >= 0.6 is 11.7 Å². The maximum Gasteiger partial charge on any atom is 0.220 e. The smallest absolute Gasteiger partial charge is 0.220 e. The number of benzene rings is 1. The van der Waals surface area contributed by atoms with E-state index in [4.69, 9.17) is 0 Å². The predicted octanol–water partition coefficient (Wildman–Crippen LogP) is 1.13. The molecule has 1 fully saturated rings. The SMILES string of the molecule is O=C(C[C@@H]1CCS(=O)(=O)C1)NCc1ccc2nsnc2c1. The average Bonchev–Trinajstić information content (AvgIpc) is 3.02. The summed E-state index contributed by atoms with van der Waals surface area (Å²) < 4.78 is 31.0. The van der Waals surface area contributed by atoms with Crippen LogP contribution in [0.1, 0.15) is 18.4 Å². The van der Waals surface area contributed by atoms with Gasteiger partial charge in [0, 0.05) is 13.0 Å². The van der Waals surface area contributed by atoms with E-state index in [1.807, 2.05) is 18.2 Å². The van der Waals surface area contributed by atoms with E-state index in [0.29, 0.717) is 13.0 Å². The molecule has 0 spiro atoms. The molecule has 2 heterocycles. The average molecular weight is 325 g/mol. The number of fused-ring (bicyclic) bond motifs is 1. The van der Waals surface area contributed by atoms with Crippen LogP contribution in [-0.2, 0) is 21.2 Å². The molecule has 0 aliphatic carbocycles. The van der Waals surface area contributed by atoms with Crippen molar-refractivity contribution in [2.45, 2.75) is 19.4 Å². The molecule has 0 radical (unpaired) electrons. The van der Waals surface area contributed by atoms with Crippen molar-refractivity contribution in [3.05, 3.63) is 23.8 Å². The van der Waals surface area contributed by atoms with Crippen molar-refractivity contribution in [1.82, 2.24) is 14.1 Å². The first-order chi connectivity index (χ1) is 10.0. The lowest BCUT2D eigenvalue weighted by atomic mass is 10.0. The summed E-state index contributed by atoms with van der Waals surface area (Å²) in [5.41, 5.74) is 2.64. The van der Waals surface area contributed by atoms with E-state index < -0.39 is 9.84 Å². The predicted molar refractivity (Wildman–Crippen MR) is 80.6 cm³/mol. The lowest BCUT2D eigenvalue weighted by Crippen LogP contribution is -2.25. The van der Waals surface area contributed by atoms with Gasteiger partial charge in [-0.3, -0.25) is 4.79 Å². The molecule has 0 saturated carbocycles. The molecule has 1 aromatic heterocycles. The molecular formula is C13H15N3O3S2. The first-order valence-electron chi connectivity index (χ1n) is 6.70. The minimum atomic E-state index is -2.92. The van der Waals surface area contributed by atoms with Crippen LogP contribution in [-0.4, -0.2) is 34.6 Å². The van der Waals surface area contributed by atoms with Crippen molar-refractivity contribution >= 4 is 38.5 Å². The number of sulfone groups is 1. The second kappa shape index (κ2) is 5.69. The Kier molecular flexibility index (Phi) is 3.90. The highest BCUT2D eigenvalue weighted by molar-refractivity contribution is 7.91. The van der Waals surface area contributed by atoms with Crippen LogP contribution in [0.4, 0.5) is 0 Å². The normalized spacial score (nSPS) is 20.7. The van der Waals surface area contributed by atoms with Gasteiger partial charge < -0.3 is 5.32 Å². The van der Waals surface area contributed by atoms with E-state index in [0.717, 1.165) is 28.3 Å². The maximum atomic E-state index is 11.9. The number of rotatable bonds is 4. The Balaban J connectivity index is 1.53. The van der Waals surface area contributed by atoms with Crippen molar-refractivity contribution < 1.29 is 13.2 Å². The van der Waals surface area contributed by atoms with E-state index in [9.17, 15) is 13.2 Å². The molecule has 1 aromatic carbocycles. The molecule has 1 aliphatic rings. The summed E-state index contributed by atoms with van der Waals surface area (Å²) >= 11 is 1.16. The van der Waals surface area contributed by atoms with Gasteiger partial charge in [-0.2, -0.15) is 8.75 Å². The maximum absolute atomic E-state index is 11.9. The van der Waals surface area contributed by atoms with E-state index >= 15 is 0 Å². The zero-order chi connectivity index (χ0) is 14.9. The standard InChI is InChI=1S/C13H15N3O3S2/c17-13(6-10-3-4-21(18,19)8-10)14-7-9-1-2-11-12(5-9)16-20-15-11/h1-2,5,10H,3-4,6-8H2,(H,14,17)/t10-/m0/s1. The van der Waals surface area contributed by atoms with E-state index in [1.54, 1.807) is 0 Å². The van der Waals surface area contributed by atoms with Crippen LogP contribution in [0.3, 0.4) is 0 Å². The van der Waals surface area contributed by atoms with Gasteiger partial charge in [-0.15, -0.1) is 0 Å². The number of nitrogens with zero attached hydrogens (tertiary/aromatic N) is 2. The molecule has 0 unspecified atom stereocenters. The highest BCUT2D eigenvalue weighted by atomic mass is 32.2. The third kappa shape index (κ3) is 3.56. The Bertz CT molecular complexity index is 770. The second-order valence-electron chi connectivity index (χ2n) is 5.34. The van der Waals surface area contributed by atoms with Gasteiger partial charge in [0.2, 0.25) is 5.91 Å². The zero-order valence-electron chi connectivity index (χ0n) is 11.3. The Morgan fingerprint density at radius 3 is 2.90 bits per heavy atom. The van der Waals surface area contributed by atoms with E-state index in [2.05, 4.69) is 14.1 Å². The largest absolute Gasteiger partial charge is 0.352 e. The molecule has 112 valence electrons. The van der Waals surface area contributed by atoms with Crippen molar-refractivity contribution in [2.75, 3.05) is 11.5 Å². The van der Waals surface area contributed by atoms with Crippen molar-refractivity contribution in [3.63, 3.8) is 0 Å². The van der Waals surface area contributed by atoms with Gasteiger partial charge in [0.05, 0.1) is 23.2 Å². The molecule has 21 heavy (non-hydrogen) atoms. The summed E-state index contributed by atoms with van der Waals surface area (Å²) in [6.07, 6.45) is 0.867. The summed E-state index contributed by atoms with van der Waals surface area (Å²) in [5.74, 6) is 0.198. The molecule has 0 bridgehead atoms. The van der Waals surface area contributed by atoms with Gasteiger partial charge in [-0.25, -0.2) is 8.42 Å². The molecule has 3 rings (SSSR count). The number of nitrogens with one attached hydrogen (secondary N) is 1. The summed E-state index contributed by atoms with van der Waals surface area (Å²) in [6.45, 7) is 0.422. The molecule has 8 heteroatoms. The summed E-state index contributed by atoms with van der Waals surface area (Å²) in [7, 11) is -2.92. The van der Waals surface area contributed by atoms with E-state index in [1.165, 1.54) is 0 Å². The third-order valence-electron chi connectivity index (χ3n) is 3.61. The van der Waals surface area contributed by atoms with Gasteiger partial charge in [-0.1, -0.05) is 6.07 Å². The summed E-state index contributed by atoms with van der Waals surface area (Å²) in [6, 6.07) is 5.69. The van der Waals surface area contributed by atoms with Gasteiger partial charge in [0.15, 0.2) is 9.84 Å². The number of hydrogen-bond acceptors (Lipinski definition) is 6. The fourth-order valence-electron chi connectivity index (χ4n) is 2.51. The van der Waals surface area contributed by atoms with Crippen molar-refractivity contribution in [3.8, 4) is 0 Å². The number of amides is 1. The number of aromatic nitrogens is 2. The Morgan fingerprint density at radius 1 is 1.33 bits per heavy atom. The Hall–Kier alpha value is -1.54. The van der Waals surface area contributed by atoms with Gasteiger partial charge in [0.25, 0.3) is 0 Å². The van der Waals surface area contributed by atoms with Gasteiger partial charge in [0.1, 0.15) is 11.0 Å². The van der Waals surface area contributed by atoms with E-state index in [-0.39, 0.29) is 29.8 Å². The number of carbonyl (C=O) groups excluding carboxylic acids is 1. The topological polar surface area (TPSA) is 89.0 Å². The van der Waals surface area contributed by atoms with Crippen molar-refractivity contribution in [2.24, 2.45) is 5.92 Å². The quantitative estimate of drug-likeness (QED) is 0.910. The highest BCUT2D eigenvalue weighted by Crippen LogP contribution is 2.21.